The molecular weight excluding hydrogens is 344 g/mol. The number of likely N-dealkylation sites (N-methyl/N-ethyl adjacent to an activating group) is 1. The van der Waals surface area contributed by atoms with Gasteiger partial charge in [-0.05, 0) is 35.5 Å². The first-order valence-corrected chi connectivity index (χ1v) is 7.29. The molecule has 0 bridgehead atoms. The van der Waals surface area contributed by atoms with E-state index in [4.69, 9.17) is 4.74 Å². The molecule has 1 saturated heterocycles. The first kappa shape index (κ1) is 14.9. The highest BCUT2D eigenvalue weighted by molar-refractivity contribution is 9.10. The topological polar surface area (TPSA) is 62.1 Å². The molecule has 0 radical (unpaired) electrons. The van der Waals surface area contributed by atoms with Crippen LogP contribution in [0.1, 0.15) is 5.56 Å². The van der Waals surface area contributed by atoms with E-state index in [0.717, 1.165) is 5.56 Å². The van der Waals surface area contributed by atoms with Gasteiger partial charge in [0.05, 0.1) is 12.0 Å². The number of phenols is 1. The number of amides is 1. The number of halogens is 1. The van der Waals surface area contributed by atoms with Crippen LogP contribution in [0.2, 0.25) is 0 Å². The van der Waals surface area contributed by atoms with Crippen LogP contribution in [0.15, 0.2) is 26.5 Å². The number of phenolic OH excluding ortho intramolecular Hbond substituents is 1. The quantitative estimate of drug-likeness (QED) is 0.827. The second-order valence-electron chi connectivity index (χ2n) is 4.03. The van der Waals surface area contributed by atoms with E-state index in [0.29, 0.717) is 20.3 Å². The summed E-state index contributed by atoms with van der Waals surface area (Å²) >= 11 is 4.67. The summed E-state index contributed by atoms with van der Waals surface area (Å²) in [5, 5.41) is 10.3. The van der Waals surface area contributed by atoms with Crippen molar-refractivity contribution in [2.45, 2.75) is 0 Å². The molecule has 7 heteroatoms. The monoisotopic (exact) mass is 356 g/mol. The SMILES string of the molecule is CN=C1S/C(=C\c2cc(OC)c(O)cc2Br)C(=O)N1C. The second kappa shape index (κ2) is 5.88. The summed E-state index contributed by atoms with van der Waals surface area (Å²) in [6.45, 7) is 0. The molecule has 0 spiro atoms. The normalized spacial score (nSPS) is 19.2. The molecule has 0 saturated carbocycles. The predicted octanol–water partition coefficient (Wildman–Crippen LogP) is 2.70. The molecule has 106 valence electrons. The zero-order valence-corrected chi connectivity index (χ0v) is 13.6. The van der Waals surface area contributed by atoms with Crippen molar-refractivity contribution in [3.05, 3.63) is 27.1 Å². The highest BCUT2D eigenvalue weighted by atomic mass is 79.9. The lowest BCUT2D eigenvalue weighted by molar-refractivity contribution is -0.121. The van der Waals surface area contributed by atoms with E-state index in [1.165, 1.54) is 29.8 Å². The van der Waals surface area contributed by atoms with Crippen LogP contribution in [0.4, 0.5) is 0 Å². The minimum Gasteiger partial charge on any atom is -0.504 e. The summed E-state index contributed by atoms with van der Waals surface area (Å²) in [5.41, 5.74) is 0.751. The molecule has 0 aromatic heterocycles. The number of ether oxygens (including phenoxy) is 1. The molecule has 20 heavy (non-hydrogen) atoms. The van der Waals surface area contributed by atoms with Crippen molar-refractivity contribution >= 4 is 44.8 Å². The third-order valence-electron chi connectivity index (χ3n) is 2.78. The smallest absolute Gasteiger partial charge is 0.266 e. The van der Waals surface area contributed by atoms with Crippen LogP contribution in [-0.4, -0.2) is 42.3 Å². The average molecular weight is 357 g/mol. The second-order valence-corrected chi connectivity index (χ2v) is 5.89. The van der Waals surface area contributed by atoms with E-state index in [-0.39, 0.29) is 11.7 Å². The van der Waals surface area contributed by atoms with E-state index in [9.17, 15) is 9.90 Å². The summed E-state index contributed by atoms with van der Waals surface area (Å²) in [7, 11) is 4.81. The van der Waals surface area contributed by atoms with Gasteiger partial charge in [0.15, 0.2) is 16.7 Å². The lowest BCUT2D eigenvalue weighted by Crippen LogP contribution is -2.23. The van der Waals surface area contributed by atoms with Gasteiger partial charge in [0.1, 0.15) is 0 Å². The molecule has 1 amide bonds. The van der Waals surface area contributed by atoms with E-state index in [1.54, 1.807) is 26.2 Å². The molecule has 5 nitrogen and oxygen atoms in total. The first-order chi connectivity index (χ1) is 9.47. The van der Waals surface area contributed by atoms with Gasteiger partial charge in [0.2, 0.25) is 0 Å². The minimum atomic E-state index is -0.102. The number of carbonyl (C=O) groups is 1. The van der Waals surface area contributed by atoms with Crippen LogP contribution in [0, 0.1) is 0 Å². The maximum atomic E-state index is 12.1. The molecule has 2 rings (SSSR count). The van der Waals surface area contributed by atoms with E-state index < -0.39 is 0 Å². The number of benzene rings is 1. The molecular formula is C13H13BrN2O3S. The zero-order chi connectivity index (χ0) is 14.9. The Morgan fingerprint density at radius 1 is 1.50 bits per heavy atom. The van der Waals surface area contributed by atoms with Crippen molar-refractivity contribution in [1.82, 2.24) is 4.90 Å². The molecule has 0 unspecified atom stereocenters. The molecule has 1 aliphatic rings. The van der Waals surface area contributed by atoms with E-state index in [1.807, 2.05) is 0 Å². The number of amidine groups is 1. The maximum absolute atomic E-state index is 12.1. The van der Waals surface area contributed by atoms with Crippen molar-refractivity contribution in [2.75, 3.05) is 21.2 Å². The number of aromatic hydroxyl groups is 1. The van der Waals surface area contributed by atoms with Crippen molar-refractivity contribution in [1.29, 1.82) is 0 Å². The molecule has 1 fully saturated rings. The molecule has 1 N–H and O–H groups in total. The van der Waals surface area contributed by atoms with Crippen LogP contribution in [-0.2, 0) is 4.79 Å². The summed E-state index contributed by atoms with van der Waals surface area (Å²) in [6, 6.07) is 3.20. The van der Waals surface area contributed by atoms with Crippen LogP contribution >= 0.6 is 27.7 Å². The van der Waals surface area contributed by atoms with Crippen LogP contribution < -0.4 is 4.74 Å². The van der Waals surface area contributed by atoms with Crippen LogP contribution in [0.5, 0.6) is 11.5 Å². The summed E-state index contributed by atoms with van der Waals surface area (Å²) < 4.78 is 5.75. The van der Waals surface area contributed by atoms with Gasteiger partial charge in [0.25, 0.3) is 5.91 Å². The Morgan fingerprint density at radius 3 is 2.75 bits per heavy atom. The summed E-state index contributed by atoms with van der Waals surface area (Å²) in [6.07, 6.45) is 1.74. The highest BCUT2D eigenvalue weighted by Gasteiger charge is 2.29. The Labute approximate surface area is 129 Å². The maximum Gasteiger partial charge on any atom is 0.266 e. The minimum absolute atomic E-state index is 0.0415. The van der Waals surface area contributed by atoms with Crippen molar-refractivity contribution < 1.29 is 14.6 Å². The predicted molar refractivity (Wildman–Crippen MR) is 84.1 cm³/mol. The van der Waals surface area contributed by atoms with Crippen LogP contribution in [0.3, 0.4) is 0 Å². The van der Waals surface area contributed by atoms with Crippen molar-refractivity contribution in [3.63, 3.8) is 0 Å². The van der Waals surface area contributed by atoms with E-state index in [2.05, 4.69) is 20.9 Å². The Kier molecular flexibility index (Phi) is 4.39. The van der Waals surface area contributed by atoms with Crippen LogP contribution in [0.25, 0.3) is 6.08 Å². The van der Waals surface area contributed by atoms with Crippen molar-refractivity contribution in [3.8, 4) is 11.5 Å². The van der Waals surface area contributed by atoms with Gasteiger partial charge in [-0.3, -0.25) is 14.7 Å². The Morgan fingerprint density at radius 2 is 2.20 bits per heavy atom. The molecule has 0 aliphatic carbocycles. The Hall–Kier alpha value is -1.47. The lowest BCUT2D eigenvalue weighted by Gasteiger charge is -2.07. The lowest BCUT2D eigenvalue weighted by atomic mass is 10.2. The largest absolute Gasteiger partial charge is 0.504 e. The Bertz CT molecular complexity index is 628. The summed E-state index contributed by atoms with van der Waals surface area (Å²) in [5.74, 6) is 0.294. The van der Waals surface area contributed by atoms with Gasteiger partial charge < -0.3 is 9.84 Å². The first-order valence-electron chi connectivity index (χ1n) is 5.68. The fourth-order valence-electron chi connectivity index (χ4n) is 1.72. The third kappa shape index (κ3) is 2.69. The molecule has 1 aromatic rings. The van der Waals surface area contributed by atoms with Gasteiger partial charge in [-0.15, -0.1) is 0 Å². The number of hydrogen-bond acceptors (Lipinski definition) is 5. The van der Waals surface area contributed by atoms with Gasteiger partial charge in [-0.1, -0.05) is 15.9 Å². The molecule has 0 atom stereocenters. The van der Waals surface area contributed by atoms with Gasteiger partial charge in [-0.25, -0.2) is 0 Å². The molecule has 1 aromatic carbocycles. The number of carbonyl (C=O) groups excluding carboxylic acids is 1. The zero-order valence-electron chi connectivity index (χ0n) is 11.2. The number of methoxy groups -OCH3 is 1. The fourth-order valence-corrected chi connectivity index (χ4v) is 3.09. The standard InChI is InChI=1S/C13H13BrN2O3S/c1-15-13-16(2)12(18)11(20-13)5-7-4-10(19-3)9(17)6-8(7)14/h4-6,17H,1-3H3/b11-5-,15-13?. The van der Waals surface area contributed by atoms with E-state index >= 15 is 0 Å². The number of hydrogen-bond donors (Lipinski definition) is 1. The number of thioether (sulfide) groups is 1. The molecule has 1 heterocycles. The fraction of sp³-hybridized carbons (Fsp3) is 0.231. The Balaban J connectivity index is 2.44. The number of nitrogens with zero attached hydrogens (tertiary/aromatic N) is 2. The van der Waals surface area contributed by atoms with Crippen molar-refractivity contribution in [2.24, 2.45) is 4.99 Å². The highest BCUT2D eigenvalue weighted by Crippen LogP contribution is 2.36. The molecule has 1 aliphatic heterocycles. The van der Waals surface area contributed by atoms with Gasteiger partial charge >= 0.3 is 0 Å². The number of rotatable bonds is 2. The van der Waals surface area contributed by atoms with Gasteiger partial charge in [-0.2, -0.15) is 0 Å². The van der Waals surface area contributed by atoms with Gasteiger partial charge in [0, 0.05) is 18.6 Å². The third-order valence-corrected chi connectivity index (χ3v) is 4.62. The average Bonchev–Trinajstić information content (AvgIpc) is 2.69. The summed E-state index contributed by atoms with van der Waals surface area (Å²) in [4.78, 5) is 18.2. The number of aliphatic imine (C=N–C) groups is 1.